The van der Waals surface area contributed by atoms with E-state index in [1.54, 1.807) is 28.1 Å². The predicted molar refractivity (Wildman–Crippen MR) is 531 cm³/mol. The van der Waals surface area contributed by atoms with Crippen molar-refractivity contribution >= 4 is 92.1 Å². The number of carboxylic acids is 4. The number of carbonyl (C=O) groups excluding carboxylic acids is 10. The number of sulfonamides is 1. The molecule has 856 valence electrons. The Hall–Kier alpha value is -7.23. The van der Waals surface area contributed by atoms with Crippen LogP contribution in [0.4, 0.5) is 0 Å². The zero-order chi connectivity index (χ0) is 110. The Kier molecular flexibility index (Phi) is 125. The van der Waals surface area contributed by atoms with Crippen molar-refractivity contribution in [3.05, 3.63) is 0 Å². The lowest BCUT2D eigenvalue weighted by molar-refractivity contribution is -0.143. The molecule has 0 aromatic carbocycles. The van der Waals surface area contributed by atoms with Crippen LogP contribution >= 0.6 is 0 Å². The van der Waals surface area contributed by atoms with Gasteiger partial charge in [-0.15, -0.1) is 0 Å². The van der Waals surface area contributed by atoms with Crippen LogP contribution in [0.25, 0.3) is 0 Å². The molecule has 3 amide bonds. The summed E-state index contributed by atoms with van der Waals surface area (Å²) in [7, 11) is 8.19. The fourth-order valence-corrected chi connectivity index (χ4v) is 10.1. The van der Waals surface area contributed by atoms with E-state index in [0.717, 1.165) is 19.6 Å². The maximum absolute atomic E-state index is 11.7. The van der Waals surface area contributed by atoms with Gasteiger partial charge in [0.1, 0.15) is 78.7 Å². The number of aliphatic carboxylic acids is 4. The minimum atomic E-state index is -3.32. The molecule has 0 aromatic rings. The minimum absolute atomic E-state index is 0.0199. The van der Waals surface area contributed by atoms with E-state index >= 15 is 0 Å². The van der Waals surface area contributed by atoms with Crippen LogP contribution in [0.2, 0.25) is 0 Å². The zero-order valence-corrected chi connectivity index (χ0v) is 89.3. The van der Waals surface area contributed by atoms with Crippen molar-refractivity contribution in [3.8, 4) is 0 Å². The summed E-state index contributed by atoms with van der Waals surface area (Å²) in [5, 5.41) is 59.5. The minimum Gasteiger partial charge on any atom is -0.480 e. The monoisotopic (exact) mass is 2130 g/mol. The normalized spacial score (nSPS) is 11.7. The highest BCUT2D eigenvalue weighted by Gasteiger charge is 2.22. The average Bonchev–Trinajstić information content (AvgIpc) is 0.969. The molecule has 0 spiro atoms. The smallest absolute Gasteiger partial charge is 0.326 e. The molecule has 0 aliphatic heterocycles. The number of ketones is 7. The van der Waals surface area contributed by atoms with E-state index in [4.69, 9.17) is 125 Å². The Bertz CT molecular complexity index is 3210. The van der Waals surface area contributed by atoms with Gasteiger partial charge in [0.15, 0.2) is 11.6 Å². The number of nitrogens with one attached hydrogen (secondary N) is 10. The van der Waals surface area contributed by atoms with E-state index < -0.39 is 69.7 Å². The van der Waals surface area contributed by atoms with Crippen LogP contribution in [-0.4, -0.2) is 514 Å². The molecule has 0 bridgehead atoms. The second kappa shape index (κ2) is 120. The molecular formula is C92H180N10O42S. The molecule has 0 rings (SSSR count). The summed E-state index contributed by atoms with van der Waals surface area (Å²) in [5.74, 6) is -5.60. The van der Waals surface area contributed by atoms with Crippen LogP contribution in [0.15, 0.2) is 0 Å². The van der Waals surface area contributed by atoms with Crippen LogP contribution in [0.3, 0.4) is 0 Å². The van der Waals surface area contributed by atoms with Gasteiger partial charge in [0, 0.05) is 71.2 Å². The quantitative estimate of drug-likeness (QED) is 0.0276. The van der Waals surface area contributed by atoms with Crippen molar-refractivity contribution in [1.29, 1.82) is 0 Å². The molecule has 0 heterocycles. The standard InChI is InChI=1S/C26H50N2O12.C21H43NO9.2C13H24N2O6.C8H17NO3.C7H13NO3.C4H9NO3S/c1-23(29)5-7-33-9-11-35-13-15-37-17-19-39-21-22-40-20-18-38-16-14-36-12-10-34-8-6-28-25(30)4-3-24(27-2)26(31)32;1-21(23)3-5-24-7-9-26-11-13-28-15-17-30-19-20-31-18-16-29-14-12-27-10-8-25-6-4-22-2;1-10(16)9-21-8-7-20-6-5-15-12(17)4-3-11(14-2)13(18)19;1-10(16)3-4-11(13(18)19)15-12(17)9-21-8-7-20-6-5-14-2;1-8(10)7-12-6-5-11-4-3-9-2;1-5(9)3-4-6(8-2)7(10)11;1-4(6)3-9(7,8)5-2/h24,27H,3-22H2,1-2H3,(H,28,30)(H,31,32);22H,3-20H2,1-2H3;2*11,14H,3-9H2,1-2H3,(H,15,17)(H,18,19);9H,3-7H2,1-2H3;6,8H,3-4H2,1-2H3,(H,10,11);5H,3H2,1-2H3. The van der Waals surface area contributed by atoms with E-state index in [1.807, 2.05) is 25.9 Å². The summed E-state index contributed by atoms with van der Waals surface area (Å²) in [6, 6.07) is -3.12. The van der Waals surface area contributed by atoms with Crippen LogP contribution in [0, 0.1) is 0 Å². The molecule has 0 fully saturated rings. The van der Waals surface area contributed by atoms with Crippen LogP contribution in [0.5, 0.6) is 0 Å². The van der Waals surface area contributed by atoms with Crippen molar-refractivity contribution in [2.24, 2.45) is 0 Å². The van der Waals surface area contributed by atoms with Crippen molar-refractivity contribution in [2.75, 3.05) is 379 Å². The highest BCUT2D eigenvalue weighted by Crippen LogP contribution is 2.03. The summed E-state index contributed by atoms with van der Waals surface area (Å²) in [6.45, 7) is 33.0. The van der Waals surface area contributed by atoms with Crippen molar-refractivity contribution in [2.45, 2.75) is 137 Å². The van der Waals surface area contributed by atoms with Gasteiger partial charge in [-0.1, -0.05) is 0 Å². The van der Waals surface area contributed by atoms with Crippen molar-refractivity contribution in [1.82, 2.24) is 52.6 Å². The number of amides is 3. The third-order valence-electron chi connectivity index (χ3n) is 17.2. The van der Waals surface area contributed by atoms with Gasteiger partial charge in [-0.25, -0.2) is 17.9 Å². The molecule has 145 heavy (non-hydrogen) atoms. The molecule has 0 saturated heterocycles. The number of rotatable bonds is 101. The number of carboxylic acid groups (broad SMARTS) is 4. The fraction of sp³-hybridized carbons (Fsp3) is 0.848. The Morgan fingerprint density at radius 1 is 0.214 bits per heavy atom. The second-order valence-electron chi connectivity index (χ2n) is 30.3. The van der Waals surface area contributed by atoms with Crippen molar-refractivity contribution in [3.63, 3.8) is 0 Å². The highest BCUT2D eigenvalue weighted by molar-refractivity contribution is 7.90. The molecule has 0 aliphatic carbocycles. The Balaban J connectivity index is -0.000000324. The maximum atomic E-state index is 11.7. The summed E-state index contributed by atoms with van der Waals surface area (Å²) in [4.78, 5) is 151. The van der Waals surface area contributed by atoms with Gasteiger partial charge in [0.05, 0.1) is 271 Å². The average molecular weight is 2130 g/mol. The predicted octanol–water partition coefficient (Wildman–Crippen LogP) is -2.68. The van der Waals surface area contributed by atoms with Gasteiger partial charge < -0.3 is 182 Å². The van der Waals surface area contributed by atoms with E-state index in [-0.39, 0.29) is 117 Å². The van der Waals surface area contributed by atoms with Crippen molar-refractivity contribution < 1.29 is 200 Å². The van der Waals surface area contributed by atoms with Gasteiger partial charge in [-0.3, -0.25) is 52.7 Å². The largest absolute Gasteiger partial charge is 0.480 e. The number of hydrogen-bond acceptors (Lipinski definition) is 44. The Morgan fingerprint density at radius 2 is 0.407 bits per heavy atom. The van der Waals surface area contributed by atoms with Crippen LogP contribution < -0.4 is 52.6 Å². The summed E-state index contributed by atoms with van der Waals surface area (Å²) >= 11 is 0. The first kappa shape index (κ1) is 151. The molecule has 0 radical (unpaired) electrons. The molecular weight excluding hydrogens is 1950 g/mol. The zero-order valence-electron chi connectivity index (χ0n) is 88.4. The number of Topliss-reactive ketones (excluding diaryl/α,β-unsaturated/α-hetero) is 7. The van der Waals surface area contributed by atoms with E-state index in [2.05, 4.69) is 47.9 Å². The van der Waals surface area contributed by atoms with E-state index in [9.17, 15) is 75.5 Å². The van der Waals surface area contributed by atoms with Gasteiger partial charge in [0.2, 0.25) is 27.7 Å². The molecule has 0 saturated carbocycles. The Labute approximate surface area is 856 Å². The number of ether oxygens (including phenoxy) is 22. The first-order chi connectivity index (χ1) is 69.5. The molecule has 52 nitrogen and oxygen atoms in total. The summed E-state index contributed by atoms with van der Waals surface area (Å²) < 4.78 is 140. The third-order valence-corrected chi connectivity index (χ3v) is 18.6. The van der Waals surface area contributed by atoms with Gasteiger partial charge in [0.25, 0.3) is 0 Å². The first-order valence-corrected chi connectivity index (χ1v) is 49.9. The fourth-order valence-electron chi connectivity index (χ4n) is 9.45. The van der Waals surface area contributed by atoms with Gasteiger partial charge in [-0.05, 0) is 123 Å². The Morgan fingerprint density at radius 3 is 0.593 bits per heavy atom. The SMILES string of the molecule is CNC(CCC(=O)NCCOCCOCC(C)=O)C(=O)O.CNC(CCC(=O)NCCOCCOCCOCCOCCOCCOCCOCCOCCC(C)=O)C(=O)O.CNC(CCC(C)=O)C(=O)O.CNCCOCCOCC(=O)NC(CCC(C)=O)C(=O)O.CNCCOCCOCC(C)=O.CNCCOCCOCCOCCOCCOCCOCCOCCOCCC(C)=O.CNS(=O)(=O)CC(C)=O. The topological polar surface area (TPSA) is 677 Å². The second-order valence-corrected chi connectivity index (χ2v) is 32.3. The summed E-state index contributed by atoms with van der Waals surface area (Å²) in [5.41, 5.74) is 0. The van der Waals surface area contributed by atoms with Gasteiger partial charge in [-0.2, -0.15) is 0 Å². The molecule has 4 unspecified atom stereocenters. The lowest BCUT2D eigenvalue weighted by Gasteiger charge is -2.13. The molecule has 0 aliphatic rings. The number of hydrogen-bond donors (Lipinski definition) is 14. The lowest BCUT2D eigenvalue weighted by Crippen LogP contribution is -2.42. The number of carbonyl (C=O) groups is 14. The molecule has 4 atom stereocenters. The summed E-state index contributed by atoms with van der Waals surface area (Å²) in [6.07, 6.45) is 2.48. The van der Waals surface area contributed by atoms with Crippen LogP contribution in [-0.2, 0) is 181 Å². The highest BCUT2D eigenvalue weighted by atomic mass is 32.2. The maximum Gasteiger partial charge on any atom is 0.326 e. The number of likely N-dealkylation sites (N-methyl/N-ethyl adjacent to an activating group) is 6. The molecule has 53 heteroatoms. The molecule has 14 N–H and O–H groups in total. The van der Waals surface area contributed by atoms with Crippen LogP contribution in [0.1, 0.15) is 113 Å². The van der Waals surface area contributed by atoms with E-state index in [1.165, 1.54) is 48.6 Å². The third kappa shape index (κ3) is 139. The van der Waals surface area contributed by atoms with Gasteiger partial charge >= 0.3 is 23.9 Å². The lowest BCUT2D eigenvalue weighted by atomic mass is 10.1. The first-order valence-electron chi connectivity index (χ1n) is 48.3. The van der Waals surface area contributed by atoms with E-state index in [0.29, 0.717) is 303 Å². The molecule has 0 aromatic heterocycles.